The Balaban J connectivity index is 2.08. The molecule has 2 atom stereocenters. The van der Waals surface area contributed by atoms with Gasteiger partial charge in [0.2, 0.25) is 0 Å². The molecule has 8 nitrogen and oxygen atoms in total. The van der Waals surface area contributed by atoms with Crippen molar-refractivity contribution < 1.29 is 28.2 Å². The Labute approximate surface area is 116 Å². The van der Waals surface area contributed by atoms with Crippen LogP contribution in [0.1, 0.15) is 12.8 Å². The van der Waals surface area contributed by atoms with Crippen molar-refractivity contribution in [1.82, 2.24) is 9.80 Å². The van der Waals surface area contributed by atoms with Crippen LogP contribution < -0.4 is 0 Å². The number of amides is 2. The van der Waals surface area contributed by atoms with Crippen molar-refractivity contribution in [3.63, 3.8) is 0 Å². The number of urea groups is 1. The zero-order chi connectivity index (χ0) is 14.9. The average Bonchev–Trinajstić information content (AvgIpc) is 2.65. The second-order valence-corrected chi connectivity index (χ2v) is 7.47. The number of hydrogen-bond donors (Lipinski definition) is 2. The van der Waals surface area contributed by atoms with Gasteiger partial charge in [0.25, 0.3) is 0 Å². The lowest BCUT2D eigenvalue weighted by Crippen LogP contribution is -2.49. The molecule has 2 heterocycles. The number of sulfone groups is 1. The van der Waals surface area contributed by atoms with Crippen LogP contribution in [0.5, 0.6) is 0 Å². The van der Waals surface area contributed by atoms with Crippen molar-refractivity contribution >= 4 is 21.8 Å². The van der Waals surface area contributed by atoms with Crippen LogP contribution in [0.3, 0.4) is 0 Å². The summed E-state index contributed by atoms with van der Waals surface area (Å²) in [5, 5.41) is 18.6. The van der Waals surface area contributed by atoms with Gasteiger partial charge in [-0.25, -0.2) is 18.0 Å². The number of carbonyl (C=O) groups is 2. The number of likely N-dealkylation sites (tertiary alicyclic amines) is 1. The number of nitrogens with zero attached hydrogens (tertiary/aromatic N) is 2. The molecule has 2 amide bonds. The molecule has 9 heteroatoms. The molecule has 2 aliphatic rings. The molecule has 114 valence electrons. The van der Waals surface area contributed by atoms with E-state index in [2.05, 4.69) is 0 Å². The number of aliphatic hydroxyl groups is 1. The third-order valence-corrected chi connectivity index (χ3v) is 5.35. The summed E-state index contributed by atoms with van der Waals surface area (Å²) in [5.41, 5.74) is 0. The van der Waals surface area contributed by atoms with Crippen LogP contribution in [0.15, 0.2) is 0 Å². The molecule has 0 aromatic rings. The van der Waals surface area contributed by atoms with E-state index in [1.807, 2.05) is 0 Å². The first-order chi connectivity index (χ1) is 9.30. The highest BCUT2D eigenvalue weighted by atomic mass is 32.2. The topological polar surface area (TPSA) is 115 Å². The minimum atomic E-state index is -3.13. The van der Waals surface area contributed by atoms with Gasteiger partial charge in [0, 0.05) is 26.1 Å². The summed E-state index contributed by atoms with van der Waals surface area (Å²) in [4.78, 5) is 25.9. The molecule has 0 bridgehead atoms. The molecule has 0 saturated carbocycles. The fourth-order valence-corrected chi connectivity index (χ4v) is 3.84. The van der Waals surface area contributed by atoms with Crippen LogP contribution in [0.25, 0.3) is 0 Å². The number of aliphatic hydroxyl groups excluding tert-OH is 1. The molecular formula is C11H18N2O6S. The number of rotatable bonds is 1. The summed E-state index contributed by atoms with van der Waals surface area (Å²) >= 11 is 0. The molecule has 2 N–H and O–H groups in total. The predicted molar refractivity (Wildman–Crippen MR) is 69.0 cm³/mol. The van der Waals surface area contributed by atoms with Gasteiger partial charge in [-0.05, 0) is 6.42 Å². The first-order valence-corrected chi connectivity index (χ1v) is 8.29. The van der Waals surface area contributed by atoms with E-state index in [4.69, 9.17) is 5.11 Å². The van der Waals surface area contributed by atoms with Crippen LogP contribution >= 0.6 is 0 Å². The molecular weight excluding hydrogens is 288 g/mol. The highest BCUT2D eigenvalue weighted by molar-refractivity contribution is 7.91. The van der Waals surface area contributed by atoms with Gasteiger partial charge in [-0.15, -0.1) is 0 Å². The monoisotopic (exact) mass is 306 g/mol. The number of hydrogen-bond acceptors (Lipinski definition) is 5. The zero-order valence-electron chi connectivity index (χ0n) is 10.9. The summed E-state index contributed by atoms with van der Waals surface area (Å²) in [6.07, 6.45) is -0.495. The van der Waals surface area contributed by atoms with Gasteiger partial charge in [-0.1, -0.05) is 0 Å². The van der Waals surface area contributed by atoms with Crippen molar-refractivity contribution in [3.05, 3.63) is 0 Å². The van der Waals surface area contributed by atoms with Crippen molar-refractivity contribution in [1.29, 1.82) is 0 Å². The summed E-state index contributed by atoms with van der Waals surface area (Å²) < 4.78 is 23.0. The van der Waals surface area contributed by atoms with E-state index in [0.717, 1.165) is 4.90 Å². The normalized spacial score (nSPS) is 30.1. The molecule has 2 rings (SSSR count). The van der Waals surface area contributed by atoms with E-state index in [0.29, 0.717) is 6.42 Å². The number of carboxylic acids is 1. The first-order valence-electron chi connectivity index (χ1n) is 6.47. The van der Waals surface area contributed by atoms with Crippen molar-refractivity contribution in [2.75, 3.05) is 31.1 Å². The predicted octanol–water partition coefficient (Wildman–Crippen LogP) is -1.25. The van der Waals surface area contributed by atoms with Gasteiger partial charge in [-0.3, -0.25) is 0 Å². The van der Waals surface area contributed by atoms with Crippen molar-refractivity contribution in [2.24, 2.45) is 0 Å². The van der Waals surface area contributed by atoms with E-state index in [1.54, 1.807) is 0 Å². The van der Waals surface area contributed by atoms with Gasteiger partial charge >= 0.3 is 12.0 Å². The van der Waals surface area contributed by atoms with Crippen LogP contribution in [0.4, 0.5) is 4.79 Å². The second kappa shape index (κ2) is 5.57. The van der Waals surface area contributed by atoms with Gasteiger partial charge < -0.3 is 20.0 Å². The molecule has 0 spiro atoms. The fourth-order valence-electron chi connectivity index (χ4n) is 2.57. The van der Waals surface area contributed by atoms with Crippen molar-refractivity contribution in [3.8, 4) is 0 Å². The molecule has 0 aromatic heterocycles. The summed E-state index contributed by atoms with van der Waals surface area (Å²) in [6.45, 7) is 0.330. The number of carbonyl (C=O) groups excluding carboxylic acids is 1. The number of β-amino-alcohol motifs (C(OH)–C–C–N with tert-alkyl or cyclic N) is 1. The first kappa shape index (κ1) is 15.0. The summed E-state index contributed by atoms with van der Waals surface area (Å²) in [7, 11) is -3.13. The Bertz CT molecular complexity index is 505. The average molecular weight is 306 g/mol. The van der Waals surface area contributed by atoms with E-state index in [9.17, 15) is 23.1 Å². The van der Waals surface area contributed by atoms with Crippen LogP contribution in [-0.4, -0.2) is 83.7 Å². The molecule has 0 aliphatic carbocycles. The molecule has 0 unspecified atom stereocenters. The maximum atomic E-state index is 12.3. The molecule has 2 aliphatic heterocycles. The Morgan fingerprint density at radius 1 is 1.15 bits per heavy atom. The molecule has 20 heavy (non-hydrogen) atoms. The highest BCUT2D eigenvalue weighted by Gasteiger charge is 2.41. The summed E-state index contributed by atoms with van der Waals surface area (Å²) in [6, 6.07) is -1.55. The Morgan fingerprint density at radius 3 is 2.50 bits per heavy atom. The fraction of sp³-hybridized carbons (Fsp3) is 0.818. The molecule has 0 radical (unpaired) electrons. The third-order valence-electron chi connectivity index (χ3n) is 3.64. The SMILES string of the molecule is O=C(O)[C@H]1C[C@@H](O)CN1C(=O)N1CCCS(=O)(=O)CC1. The van der Waals surface area contributed by atoms with Crippen LogP contribution in [0.2, 0.25) is 0 Å². The lowest BCUT2D eigenvalue weighted by Gasteiger charge is -2.29. The van der Waals surface area contributed by atoms with Crippen LogP contribution in [0, 0.1) is 0 Å². The minimum absolute atomic E-state index is 0.00715. The smallest absolute Gasteiger partial charge is 0.326 e. The largest absolute Gasteiger partial charge is 0.480 e. The Morgan fingerprint density at radius 2 is 1.85 bits per heavy atom. The lowest BCUT2D eigenvalue weighted by molar-refractivity contribution is -0.141. The quantitative estimate of drug-likeness (QED) is 0.625. The van der Waals surface area contributed by atoms with Gasteiger partial charge in [0.15, 0.2) is 9.84 Å². The van der Waals surface area contributed by atoms with Crippen LogP contribution in [-0.2, 0) is 14.6 Å². The minimum Gasteiger partial charge on any atom is -0.480 e. The van der Waals surface area contributed by atoms with E-state index in [1.165, 1.54) is 4.90 Å². The Hall–Kier alpha value is -1.35. The van der Waals surface area contributed by atoms with E-state index < -0.39 is 34.0 Å². The summed E-state index contributed by atoms with van der Waals surface area (Å²) in [5.74, 6) is -1.22. The molecule has 2 fully saturated rings. The number of aliphatic carboxylic acids is 1. The van der Waals surface area contributed by atoms with E-state index in [-0.39, 0.29) is 37.6 Å². The zero-order valence-corrected chi connectivity index (χ0v) is 11.8. The van der Waals surface area contributed by atoms with Gasteiger partial charge in [0.05, 0.1) is 17.6 Å². The van der Waals surface area contributed by atoms with Crippen molar-refractivity contribution in [2.45, 2.75) is 25.0 Å². The second-order valence-electron chi connectivity index (χ2n) is 5.17. The van der Waals surface area contributed by atoms with Gasteiger partial charge in [-0.2, -0.15) is 0 Å². The maximum Gasteiger partial charge on any atom is 0.326 e. The standard InChI is InChI=1S/C11H18N2O6S/c14-8-6-9(10(15)16)13(7-8)11(17)12-2-1-4-20(18,19)5-3-12/h8-9,14H,1-7H2,(H,15,16)/t8-,9-/m1/s1. The molecule has 0 aromatic carbocycles. The van der Waals surface area contributed by atoms with E-state index >= 15 is 0 Å². The lowest BCUT2D eigenvalue weighted by atomic mass is 10.2. The third kappa shape index (κ3) is 3.21. The highest BCUT2D eigenvalue weighted by Crippen LogP contribution is 2.20. The molecule has 2 saturated heterocycles. The maximum absolute atomic E-state index is 12.3. The van der Waals surface area contributed by atoms with Gasteiger partial charge in [0.1, 0.15) is 6.04 Å². The Kier molecular flexibility index (Phi) is 4.19. The number of carboxylic acid groups (broad SMARTS) is 1.